The molecule has 154 valence electrons. The third kappa shape index (κ3) is 4.90. The van der Waals surface area contributed by atoms with Crippen LogP contribution in [0.5, 0.6) is 0 Å². The lowest BCUT2D eigenvalue weighted by atomic mass is 10.1. The molecule has 0 aliphatic carbocycles. The zero-order valence-corrected chi connectivity index (χ0v) is 18.4. The van der Waals surface area contributed by atoms with Gasteiger partial charge < -0.3 is 4.74 Å². The Morgan fingerprint density at radius 1 is 0.935 bits per heavy atom. The van der Waals surface area contributed by atoms with Gasteiger partial charge in [0.15, 0.2) is 18.2 Å². The first-order valence-electron chi connectivity index (χ1n) is 9.25. The number of ketones is 1. The monoisotopic (exact) mass is 495 g/mol. The molecule has 31 heavy (non-hydrogen) atoms. The molecule has 0 aliphatic rings. The molecule has 0 fully saturated rings. The summed E-state index contributed by atoms with van der Waals surface area (Å²) in [6.45, 7) is -0.406. The molecule has 8 heteroatoms. The summed E-state index contributed by atoms with van der Waals surface area (Å²) >= 11 is 9.31. The zero-order valence-electron chi connectivity index (χ0n) is 16.0. The van der Waals surface area contributed by atoms with Gasteiger partial charge >= 0.3 is 5.97 Å². The van der Waals surface area contributed by atoms with Crippen LogP contribution in [0.2, 0.25) is 5.02 Å². The predicted octanol–water partition coefficient (Wildman–Crippen LogP) is 5.39. The molecule has 0 radical (unpaired) electrons. The summed E-state index contributed by atoms with van der Waals surface area (Å²) in [6.07, 6.45) is 0. The van der Waals surface area contributed by atoms with Crippen LogP contribution in [-0.2, 0) is 4.74 Å². The second-order valence-corrected chi connectivity index (χ2v) is 7.87. The van der Waals surface area contributed by atoms with Crippen molar-refractivity contribution in [2.75, 3.05) is 6.61 Å². The lowest BCUT2D eigenvalue weighted by Gasteiger charge is -2.05. The quantitative estimate of drug-likeness (QED) is 0.264. The van der Waals surface area contributed by atoms with E-state index in [1.54, 1.807) is 53.2 Å². The molecular formula is C23H15BrClN3O3. The van der Waals surface area contributed by atoms with Crippen molar-refractivity contribution in [1.29, 1.82) is 0 Å². The van der Waals surface area contributed by atoms with Gasteiger partial charge in [0.1, 0.15) is 0 Å². The van der Waals surface area contributed by atoms with Gasteiger partial charge in [0, 0.05) is 20.6 Å². The smallest absolute Gasteiger partial charge is 0.378 e. The highest BCUT2D eigenvalue weighted by Gasteiger charge is 2.21. The van der Waals surface area contributed by atoms with Crippen molar-refractivity contribution in [2.45, 2.75) is 0 Å². The minimum atomic E-state index is -0.782. The van der Waals surface area contributed by atoms with E-state index in [9.17, 15) is 9.59 Å². The molecule has 0 saturated carbocycles. The number of hydrogen-bond acceptors (Lipinski definition) is 5. The SMILES string of the molecule is O=C(COC(=O)c1nc(-c2ccc(Cl)cc2)n(-c2ccccc2)n1)c1ccc(Br)cc1. The molecular weight excluding hydrogens is 482 g/mol. The predicted molar refractivity (Wildman–Crippen MR) is 121 cm³/mol. The summed E-state index contributed by atoms with van der Waals surface area (Å²) in [6, 6.07) is 23.1. The number of hydrogen-bond donors (Lipinski definition) is 0. The maximum atomic E-state index is 12.6. The third-order valence-electron chi connectivity index (χ3n) is 4.39. The van der Waals surface area contributed by atoms with Crippen molar-refractivity contribution in [3.05, 3.63) is 99.7 Å². The van der Waals surface area contributed by atoms with Crippen LogP contribution in [0.15, 0.2) is 83.3 Å². The summed E-state index contributed by atoms with van der Waals surface area (Å²) in [4.78, 5) is 29.2. The number of ether oxygens (including phenoxy) is 1. The minimum absolute atomic E-state index is 0.141. The van der Waals surface area contributed by atoms with Crippen LogP contribution in [0.1, 0.15) is 21.0 Å². The fraction of sp³-hybridized carbons (Fsp3) is 0.0435. The Kier molecular flexibility index (Phi) is 6.25. The van der Waals surface area contributed by atoms with Crippen molar-refractivity contribution >= 4 is 39.3 Å². The van der Waals surface area contributed by atoms with Crippen molar-refractivity contribution in [3.63, 3.8) is 0 Å². The fourth-order valence-corrected chi connectivity index (χ4v) is 3.24. The Labute approximate surface area is 191 Å². The van der Waals surface area contributed by atoms with Gasteiger partial charge in [-0.05, 0) is 48.5 Å². The van der Waals surface area contributed by atoms with E-state index in [0.29, 0.717) is 16.4 Å². The minimum Gasteiger partial charge on any atom is -0.451 e. The first-order chi connectivity index (χ1) is 15.0. The summed E-state index contributed by atoms with van der Waals surface area (Å²) in [5, 5.41) is 4.91. The van der Waals surface area contributed by atoms with Gasteiger partial charge in [0.2, 0.25) is 0 Å². The maximum Gasteiger partial charge on any atom is 0.378 e. The average Bonchev–Trinajstić information content (AvgIpc) is 3.24. The van der Waals surface area contributed by atoms with Gasteiger partial charge in [0.25, 0.3) is 5.82 Å². The Hall–Kier alpha value is -3.29. The van der Waals surface area contributed by atoms with Crippen LogP contribution >= 0.6 is 27.5 Å². The van der Waals surface area contributed by atoms with E-state index in [1.165, 1.54) is 0 Å². The average molecular weight is 497 g/mol. The highest BCUT2D eigenvalue weighted by Crippen LogP contribution is 2.23. The highest BCUT2D eigenvalue weighted by molar-refractivity contribution is 9.10. The van der Waals surface area contributed by atoms with Crippen molar-refractivity contribution in [2.24, 2.45) is 0 Å². The Bertz CT molecular complexity index is 1220. The van der Waals surface area contributed by atoms with Crippen LogP contribution in [0.3, 0.4) is 0 Å². The maximum absolute atomic E-state index is 12.6. The molecule has 0 atom stereocenters. The second-order valence-electron chi connectivity index (χ2n) is 6.52. The van der Waals surface area contributed by atoms with Gasteiger partial charge in [-0.25, -0.2) is 14.5 Å². The molecule has 3 aromatic carbocycles. The van der Waals surface area contributed by atoms with E-state index in [0.717, 1.165) is 15.7 Å². The molecule has 0 aliphatic heterocycles. The first-order valence-corrected chi connectivity index (χ1v) is 10.4. The number of carbonyl (C=O) groups is 2. The number of rotatable bonds is 6. The molecule has 4 rings (SSSR count). The molecule has 0 amide bonds. The van der Waals surface area contributed by atoms with Crippen LogP contribution in [0, 0.1) is 0 Å². The van der Waals surface area contributed by atoms with E-state index in [4.69, 9.17) is 16.3 Å². The molecule has 6 nitrogen and oxygen atoms in total. The van der Waals surface area contributed by atoms with E-state index >= 15 is 0 Å². The lowest BCUT2D eigenvalue weighted by Crippen LogP contribution is -2.15. The van der Waals surface area contributed by atoms with Crippen molar-refractivity contribution in [3.8, 4) is 17.1 Å². The Morgan fingerprint density at radius 3 is 2.29 bits per heavy atom. The number of benzene rings is 3. The fourth-order valence-electron chi connectivity index (χ4n) is 2.85. The van der Waals surface area contributed by atoms with Gasteiger partial charge in [-0.3, -0.25) is 4.79 Å². The lowest BCUT2D eigenvalue weighted by molar-refractivity contribution is 0.0462. The Morgan fingerprint density at radius 2 is 1.61 bits per heavy atom. The second kappa shape index (κ2) is 9.24. The van der Waals surface area contributed by atoms with Crippen LogP contribution in [0.25, 0.3) is 17.1 Å². The van der Waals surface area contributed by atoms with Crippen LogP contribution in [0.4, 0.5) is 0 Å². The first kappa shape index (κ1) is 21.0. The molecule has 1 heterocycles. The number of esters is 1. The van der Waals surface area contributed by atoms with E-state index in [2.05, 4.69) is 26.0 Å². The van der Waals surface area contributed by atoms with E-state index < -0.39 is 12.6 Å². The zero-order chi connectivity index (χ0) is 21.8. The molecule has 0 spiro atoms. The molecule has 0 unspecified atom stereocenters. The van der Waals surface area contributed by atoms with Crippen molar-refractivity contribution < 1.29 is 14.3 Å². The number of aromatic nitrogens is 3. The van der Waals surface area contributed by atoms with Gasteiger partial charge in [-0.1, -0.05) is 57.9 Å². The molecule has 1 aromatic heterocycles. The number of nitrogens with zero attached hydrogens (tertiary/aromatic N) is 3. The molecule has 4 aromatic rings. The summed E-state index contributed by atoms with van der Waals surface area (Å²) < 4.78 is 7.58. The van der Waals surface area contributed by atoms with E-state index in [-0.39, 0.29) is 11.6 Å². The van der Waals surface area contributed by atoms with Crippen LogP contribution < -0.4 is 0 Å². The third-order valence-corrected chi connectivity index (χ3v) is 5.17. The van der Waals surface area contributed by atoms with E-state index in [1.807, 2.05) is 30.3 Å². The highest BCUT2D eigenvalue weighted by atomic mass is 79.9. The topological polar surface area (TPSA) is 74.1 Å². The molecule has 0 bridgehead atoms. The van der Waals surface area contributed by atoms with Gasteiger partial charge in [-0.2, -0.15) is 0 Å². The molecule has 0 saturated heterocycles. The number of carbonyl (C=O) groups excluding carboxylic acids is 2. The summed E-state index contributed by atoms with van der Waals surface area (Å²) in [7, 11) is 0. The standard InChI is InChI=1S/C23H15BrClN3O3/c24-17-10-6-15(7-11-17)20(29)14-31-23(30)21-26-22(16-8-12-18(25)13-9-16)28(27-21)19-4-2-1-3-5-19/h1-13H,14H2. The number of halogens is 2. The number of Topliss-reactive ketones (excluding diaryl/α,β-unsaturated/α-hetero) is 1. The summed E-state index contributed by atoms with van der Waals surface area (Å²) in [5.74, 6) is -0.789. The largest absolute Gasteiger partial charge is 0.451 e. The van der Waals surface area contributed by atoms with Crippen LogP contribution in [-0.4, -0.2) is 33.1 Å². The van der Waals surface area contributed by atoms with Gasteiger partial charge in [0.05, 0.1) is 5.69 Å². The molecule has 0 N–H and O–H groups in total. The normalized spacial score (nSPS) is 10.6. The van der Waals surface area contributed by atoms with Crippen molar-refractivity contribution in [1.82, 2.24) is 14.8 Å². The summed E-state index contributed by atoms with van der Waals surface area (Å²) in [5.41, 5.74) is 1.90. The number of para-hydroxylation sites is 1. The van der Waals surface area contributed by atoms with Gasteiger partial charge in [-0.15, -0.1) is 5.10 Å². The Balaban J connectivity index is 1.59.